The Labute approximate surface area is 488 Å². The molecular weight excluding hydrogens is 985 g/mol. The van der Waals surface area contributed by atoms with E-state index in [-0.39, 0.29) is 50.6 Å². The van der Waals surface area contributed by atoms with Crippen LogP contribution in [0.15, 0.2) is 52.6 Å². The number of aromatic nitrogens is 3. The summed E-state index contributed by atoms with van der Waals surface area (Å²) in [5.74, 6) is 1.41. The molecule has 5 heterocycles. The van der Waals surface area contributed by atoms with Crippen molar-refractivity contribution in [3.05, 3.63) is 63.7 Å². The van der Waals surface area contributed by atoms with E-state index in [0.717, 1.165) is 44.7 Å². The van der Waals surface area contributed by atoms with Crippen molar-refractivity contribution in [1.29, 1.82) is 0 Å². The van der Waals surface area contributed by atoms with Crippen molar-refractivity contribution in [1.82, 2.24) is 28.8 Å². The number of amides is 4. The van der Waals surface area contributed by atoms with Crippen LogP contribution in [0, 0.1) is 27.6 Å². The van der Waals surface area contributed by atoms with Gasteiger partial charge in [0.15, 0.2) is 0 Å². The van der Waals surface area contributed by atoms with Crippen molar-refractivity contribution < 1.29 is 19.2 Å². The quantitative estimate of drug-likeness (QED) is 0.240. The van der Waals surface area contributed by atoms with Gasteiger partial charge in [-0.25, -0.2) is 0 Å². The Morgan fingerprint density at radius 2 is 0.671 bits per heavy atom. The molecule has 3 fully saturated rings. The maximum atomic E-state index is 11.4. The lowest BCUT2D eigenvalue weighted by atomic mass is 10.00. The SMILES string of the molecule is CC(C)(C)C.CC(C)(C)C.CC(C)(C)C.CC(C)(C)C.CC(C)(C)N1C(=O)CCCC1=O.CC(C)(C)N1CCCC1=O.CC(C)(C)N1CCCCC1=O.CC(C)(C)n1ccccc1=O.CC(C)(C)n1ccncc1=O.CC(C)C. The number of hydrogen-bond acceptors (Lipinski definition) is 7. The average molecular weight is 1120 g/mol. The first-order valence-corrected chi connectivity index (χ1v) is 29.4. The zero-order valence-corrected chi connectivity index (χ0v) is 58.3. The van der Waals surface area contributed by atoms with Gasteiger partial charge in [-0.05, 0) is 163 Å². The number of piperidine rings is 2. The van der Waals surface area contributed by atoms with Crippen molar-refractivity contribution in [2.75, 3.05) is 13.1 Å². The third kappa shape index (κ3) is 55.6. The van der Waals surface area contributed by atoms with Gasteiger partial charge in [0.2, 0.25) is 23.6 Å². The minimum Gasteiger partial charge on any atom is -0.338 e. The largest absolute Gasteiger partial charge is 0.338 e. The van der Waals surface area contributed by atoms with Crippen LogP contribution >= 0.6 is 0 Å². The highest BCUT2D eigenvalue weighted by molar-refractivity contribution is 5.98. The number of likely N-dealkylation sites (tertiary alicyclic amines) is 3. The topological polar surface area (TPSA) is 135 Å². The summed E-state index contributed by atoms with van der Waals surface area (Å²) in [5.41, 5.74) is 1.44. The van der Waals surface area contributed by atoms with E-state index in [9.17, 15) is 28.8 Å². The highest BCUT2D eigenvalue weighted by Gasteiger charge is 2.34. The third-order valence-electron chi connectivity index (χ3n) is 8.96. The fourth-order valence-electron chi connectivity index (χ4n) is 6.26. The van der Waals surface area contributed by atoms with E-state index in [1.54, 1.807) is 33.7 Å². The predicted molar refractivity (Wildman–Crippen MR) is 342 cm³/mol. The molecule has 79 heavy (non-hydrogen) atoms. The van der Waals surface area contributed by atoms with Crippen molar-refractivity contribution in [2.45, 2.75) is 314 Å². The first-order chi connectivity index (χ1) is 34.7. The molecule has 0 aromatic carbocycles. The van der Waals surface area contributed by atoms with E-state index >= 15 is 0 Å². The lowest BCUT2D eigenvalue weighted by Gasteiger charge is -2.38. The van der Waals surface area contributed by atoms with E-state index in [1.807, 2.05) is 84.4 Å². The van der Waals surface area contributed by atoms with E-state index in [0.29, 0.717) is 52.7 Å². The highest BCUT2D eigenvalue weighted by Crippen LogP contribution is 2.23. The number of carbonyl (C=O) groups is 4. The summed E-state index contributed by atoms with van der Waals surface area (Å²) in [7, 11) is 0. The molecule has 3 saturated heterocycles. The number of nitrogens with zero attached hydrogens (tertiary/aromatic N) is 6. The van der Waals surface area contributed by atoms with E-state index < -0.39 is 0 Å². The number of rotatable bonds is 0. The molecule has 2 aromatic rings. The minimum absolute atomic E-state index is 0.0253. The van der Waals surface area contributed by atoms with Crippen LogP contribution in [0.1, 0.15) is 287 Å². The maximum Gasteiger partial charge on any atom is 0.269 e. The summed E-state index contributed by atoms with van der Waals surface area (Å²) in [6.45, 7) is 73.5. The van der Waals surface area contributed by atoms with E-state index in [2.05, 4.69) is 178 Å². The molecule has 0 aliphatic carbocycles. The summed E-state index contributed by atoms with van der Waals surface area (Å²) in [5, 5.41) is 0. The molecule has 12 heteroatoms. The molecular formula is C67H130N6O6. The molecule has 464 valence electrons. The molecule has 0 atom stereocenters. The smallest absolute Gasteiger partial charge is 0.269 e. The zero-order chi connectivity index (χ0) is 64.2. The Balaban J connectivity index is -0.000000263. The zero-order valence-electron chi connectivity index (χ0n) is 58.3. The van der Waals surface area contributed by atoms with Crippen molar-refractivity contribution in [2.24, 2.45) is 27.6 Å². The number of hydrogen-bond donors (Lipinski definition) is 0. The monoisotopic (exact) mass is 1120 g/mol. The summed E-state index contributed by atoms with van der Waals surface area (Å²) in [4.78, 5) is 76.7. The van der Waals surface area contributed by atoms with Crippen LogP contribution in [0.25, 0.3) is 0 Å². The van der Waals surface area contributed by atoms with Gasteiger partial charge >= 0.3 is 0 Å². The number of pyridine rings is 1. The van der Waals surface area contributed by atoms with Crippen LogP contribution in [0.5, 0.6) is 0 Å². The highest BCUT2D eigenvalue weighted by atomic mass is 16.2. The van der Waals surface area contributed by atoms with Crippen molar-refractivity contribution in [3.8, 4) is 0 Å². The fraction of sp³-hybridized carbons (Fsp3) is 0.806. The Bertz CT molecular complexity index is 1950. The molecule has 0 radical (unpaired) electrons. The van der Waals surface area contributed by atoms with Crippen LogP contribution in [0.4, 0.5) is 0 Å². The van der Waals surface area contributed by atoms with Crippen molar-refractivity contribution in [3.63, 3.8) is 0 Å². The average Bonchev–Trinajstić information content (AvgIpc) is 3.62. The normalized spacial score (nSPS) is 15.2. The summed E-state index contributed by atoms with van der Waals surface area (Å²) in [6.07, 6.45) is 13.0. The maximum absolute atomic E-state index is 11.4. The van der Waals surface area contributed by atoms with Gasteiger partial charge in [0, 0.05) is 91.1 Å². The Morgan fingerprint density at radius 3 is 0.886 bits per heavy atom. The van der Waals surface area contributed by atoms with Gasteiger partial charge in [-0.1, -0.05) is 138 Å². The van der Waals surface area contributed by atoms with Crippen LogP contribution in [0.2, 0.25) is 0 Å². The molecule has 0 bridgehead atoms. The fourth-order valence-corrected chi connectivity index (χ4v) is 6.26. The van der Waals surface area contributed by atoms with Crippen LogP contribution in [-0.4, -0.2) is 82.2 Å². The van der Waals surface area contributed by atoms with Gasteiger partial charge in [-0.2, -0.15) is 0 Å². The van der Waals surface area contributed by atoms with Gasteiger partial charge in [-0.15, -0.1) is 0 Å². The van der Waals surface area contributed by atoms with Gasteiger partial charge in [0.1, 0.15) is 0 Å². The number of carbonyl (C=O) groups excluding carboxylic acids is 4. The lowest BCUT2D eigenvalue weighted by molar-refractivity contribution is -0.153. The standard InChI is InChI=1S/C9H15NO2.C9H17NO.C9H13NO.C8H12N2O.C8H15NO.4C5H12.C4H10/c1-9(2,3)10-7(11)5-4-6-8(10)12;2*1-9(2,3)10-7-5-4-6-8(10)11;1-8(2,3)10-5-4-9-6-7(10)11;1-8(2,3)9-6-4-5-7(9)10;4*1-5(2,3)4;1-4(2)3/h4-6H2,1-3H3;4-7H2,1-3H3;4-7H,1-3H3;4-6H,1-3H3;4-6H2,1-3H3;4*1-4H3;4H,1-3H3. The molecule has 4 amide bonds. The second kappa shape index (κ2) is 36.4. The summed E-state index contributed by atoms with van der Waals surface area (Å²) >= 11 is 0. The minimum atomic E-state index is -0.353. The van der Waals surface area contributed by atoms with E-state index in [1.165, 1.54) is 17.5 Å². The van der Waals surface area contributed by atoms with Gasteiger partial charge in [-0.3, -0.25) is 38.7 Å². The van der Waals surface area contributed by atoms with Gasteiger partial charge in [0.05, 0.1) is 6.20 Å². The molecule has 3 aliphatic heterocycles. The van der Waals surface area contributed by atoms with E-state index in [4.69, 9.17) is 0 Å². The molecule has 5 rings (SSSR count). The molecule has 0 N–H and O–H groups in total. The Morgan fingerprint density at radius 1 is 0.367 bits per heavy atom. The second-order valence-corrected chi connectivity index (χ2v) is 32.9. The molecule has 12 nitrogen and oxygen atoms in total. The molecule has 0 unspecified atom stereocenters. The third-order valence-corrected chi connectivity index (χ3v) is 8.96. The van der Waals surface area contributed by atoms with Gasteiger partial charge in [0.25, 0.3) is 11.1 Å². The molecule has 2 aromatic heterocycles. The molecule has 3 aliphatic rings. The van der Waals surface area contributed by atoms with Gasteiger partial charge < -0.3 is 18.9 Å². The Kier molecular flexibility index (Phi) is 38.6. The van der Waals surface area contributed by atoms with Crippen molar-refractivity contribution >= 4 is 23.6 Å². The second-order valence-electron chi connectivity index (χ2n) is 32.9. The number of imide groups is 1. The molecule has 0 saturated carbocycles. The Hall–Kier alpha value is -4.09. The first-order valence-electron chi connectivity index (χ1n) is 29.4. The first kappa shape index (κ1) is 83.7. The van der Waals surface area contributed by atoms with Crippen LogP contribution in [0.3, 0.4) is 0 Å². The molecule has 0 spiro atoms. The predicted octanol–water partition coefficient (Wildman–Crippen LogP) is 17.0. The van der Waals surface area contributed by atoms with Crippen LogP contribution < -0.4 is 11.1 Å². The van der Waals surface area contributed by atoms with Crippen LogP contribution in [-0.2, 0) is 30.3 Å². The summed E-state index contributed by atoms with van der Waals surface area (Å²) in [6, 6.07) is 5.20. The summed E-state index contributed by atoms with van der Waals surface area (Å²) < 4.78 is 3.37. The lowest BCUT2D eigenvalue weighted by Crippen LogP contribution is -2.51.